The number of hydrogen-bond acceptors (Lipinski definition) is 8. The lowest BCUT2D eigenvalue weighted by molar-refractivity contribution is 0.0598. The lowest BCUT2D eigenvalue weighted by atomic mass is 10.1. The zero-order valence-electron chi connectivity index (χ0n) is 18.4. The smallest absolute Gasteiger partial charge is 0.345 e. The van der Waals surface area contributed by atoms with Gasteiger partial charge < -0.3 is 14.8 Å². The molecule has 0 aliphatic heterocycles. The molecule has 0 fully saturated rings. The van der Waals surface area contributed by atoms with E-state index in [9.17, 15) is 13.2 Å². The summed E-state index contributed by atoms with van der Waals surface area (Å²) in [6.45, 7) is 7.22. The van der Waals surface area contributed by atoms with Crippen LogP contribution in [-0.4, -0.2) is 45.4 Å². The fourth-order valence-electron chi connectivity index (χ4n) is 2.97. The summed E-state index contributed by atoms with van der Waals surface area (Å²) >= 11 is 6.10. The molecule has 0 radical (unpaired) electrons. The van der Waals surface area contributed by atoms with Crippen molar-refractivity contribution < 1.29 is 26.9 Å². The number of rotatable bonds is 9. The summed E-state index contributed by atoms with van der Waals surface area (Å²) in [5, 5.41) is 3.73. The van der Waals surface area contributed by atoms with Crippen LogP contribution in [0, 0.1) is 20.8 Å². The highest BCUT2D eigenvalue weighted by atomic mass is 35.5. The number of nitrogens with one attached hydrogen (secondary N) is 1. The number of pyridine rings is 1. The molecule has 170 valence electrons. The first kappa shape index (κ1) is 24.9. The summed E-state index contributed by atoms with van der Waals surface area (Å²) in [4.78, 5) is 17.0. The van der Waals surface area contributed by atoms with Crippen LogP contribution in [0.25, 0.3) is 0 Å². The Morgan fingerprint density at radius 2 is 1.81 bits per heavy atom. The van der Waals surface area contributed by atoms with Crippen LogP contribution in [0.4, 0.5) is 5.69 Å². The van der Waals surface area contributed by atoms with Gasteiger partial charge in [-0.3, -0.25) is 4.18 Å². The van der Waals surface area contributed by atoms with Crippen molar-refractivity contribution in [2.75, 3.05) is 25.3 Å². The minimum Gasteiger partial charge on any atom is -0.465 e. The van der Waals surface area contributed by atoms with Crippen LogP contribution in [-0.2, 0) is 19.0 Å². The van der Waals surface area contributed by atoms with Gasteiger partial charge in [0.15, 0.2) is 0 Å². The molecule has 31 heavy (non-hydrogen) atoms. The second kappa shape index (κ2) is 10.3. The Morgan fingerprint density at radius 3 is 2.32 bits per heavy atom. The number of anilines is 1. The van der Waals surface area contributed by atoms with Crippen LogP contribution in [0.1, 0.15) is 40.5 Å². The average Bonchev–Trinajstić information content (AvgIpc) is 2.66. The van der Waals surface area contributed by atoms with Crippen molar-refractivity contribution in [1.82, 2.24) is 4.98 Å². The Hall–Kier alpha value is -2.36. The maximum absolute atomic E-state index is 12.6. The molecule has 8 nitrogen and oxygen atoms in total. The molecular formula is C21H27ClN2O6S. The predicted molar refractivity (Wildman–Crippen MR) is 120 cm³/mol. The first-order valence-electron chi connectivity index (χ1n) is 9.60. The van der Waals surface area contributed by atoms with Gasteiger partial charge in [-0.15, -0.1) is 0 Å². The van der Waals surface area contributed by atoms with Crippen LogP contribution in [0.5, 0.6) is 11.6 Å². The van der Waals surface area contributed by atoms with E-state index in [1.807, 2.05) is 20.8 Å². The zero-order chi connectivity index (χ0) is 23.3. The molecule has 1 aromatic carbocycles. The van der Waals surface area contributed by atoms with Crippen molar-refractivity contribution in [2.24, 2.45) is 0 Å². The van der Waals surface area contributed by atoms with Gasteiger partial charge in [0.25, 0.3) is 10.1 Å². The molecule has 1 N–H and O–H groups in total. The minimum atomic E-state index is -3.60. The third-order valence-corrected chi connectivity index (χ3v) is 5.25. The van der Waals surface area contributed by atoms with E-state index in [-0.39, 0.29) is 24.1 Å². The highest BCUT2D eigenvalue weighted by Crippen LogP contribution is 2.35. The highest BCUT2D eigenvalue weighted by Gasteiger charge is 2.24. The van der Waals surface area contributed by atoms with E-state index in [0.29, 0.717) is 28.6 Å². The van der Waals surface area contributed by atoms with Gasteiger partial charge in [0, 0.05) is 10.7 Å². The predicted octanol–water partition coefficient (Wildman–Crippen LogP) is 4.41. The molecule has 0 spiro atoms. The molecule has 1 heterocycles. The van der Waals surface area contributed by atoms with Crippen molar-refractivity contribution in [3.8, 4) is 11.6 Å². The van der Waals surface area contributed by atoms with Crippen molar-refractivity contribution in [3.63, 3.8) is 0 Å². The summed E-state index contributed by atoms with van der Waals surface area (Å²) < 4.78 is 38.7. The molecule has 2 rings (SSSR count). The van der Waals surface area contributed by atoms with Crippen molar-refractivity contribution in [3.05, 3.63) is 45.6 Å². The number of nitrogens with zero attached hydrogens (tertiary/aromatic N) is 1. The molecule has 1 aromatic heterocycles. The fourth-order valence-corrected chi connectivity index (χ4v) is 3.71. The van der Waals surface area contributed by atoms with E-state index >= 15 is 0 Å². The summed E-state index contributed by atoms with van der Waals surface area (Å²) in [6, 6.07) is 4.80. The van der Waals surface area contributed by atoms with Gasteiger partial charge in [0.05, 0.1) is 31.7 Å². The average molecular weight is 471 g/mol. The quantitative estimate of drug-likeness (QED) is 0.424. The molecule has 1 unspecified atom stereocenters. The van der Waals surface area contributed by atoms with Gasteiger partial charge >= 0.3 is 5.97 Å². The number of aromatic nitrogens is 1. The molecule has 0 aliphatic carbocycles. The van der Waals surface area contributed by atoms with Gasteiger partial charge in [-0.1, -0.05) is 18.5 Å². The molecular weight excluding hydrogens is 444 g/mol. The number of hydrogen-bond donors (Lipinski definition) is 1. The topological polar surface area (TPSA) is 104 Å². The number of aryl methyl sites for hydroxylation is 3. The van der Waals surface area contributed by atoms with Crippen LogP contribution < -0.4 is 10.1 Å². The molecule has 0 saturated carbocycles. The summed E-state index contributed by atoms with van der Waals surface area (Å²) in [6.07, 6.45) is 1.53. The molecule has 1 atom stereocenters. The van der Waals surface area contributed by atoms with Gasteiger partial charge in [-0.05, 0) is 56.5 Å². The zero-order valence-corrected chi connectivity index (χ0v) is 20.0. The molecule has 0 amide bonds. The standard InChI is InChI=1S/C21H27ClN2O6S/c1-7-16(11-29-31(6,26)27)24-17-10-14(4)23-20(18(17)21(25)28-5)30-19-12(2)8-15(22)9-13(19)3/h8-10,16H,7,11H2,1-6H3,(H,23,24). The molecule has 2 aromatic rings. The largest absolute Gasteiger partial charge is 0.465 e. The number of benzene rings is 1. The number of methoxy groups -OCH3 is 1. The molecule has 0 bridgehead atoms. The summed E-state index contributed by atoms with van der Waals surface area (Å²) in [5.74, 6) is -0.0408. The van der Waals surface area contributed by atoms with Crippen molar-refractivity contribution >= 4 is 33.4 Å². The van der Waals surface area contributed by atoms with Crippen LogP contribution in [0.3, 0.4) is 0 Å². The minimum absolute atomic E-state index is 0.0711. The first-order chi connectivity index (χ1) is 14.4. The van der Waals surface area contributed by atoms with E-state index < -0.39 is 16.1 Å². The van der Waals surface area contributed by atoms with E-state index in [1.54, 1.807) is 25.1 Å². The third kappa shape index (κ3) is 6.81. The number of carbonyl (C=O) groups is 1. The highest BCUT2D eigenvalue weighted by molar-refractivity contribution is 7.85. The van der Waals surface area contributed by atoms with Crippen molar-refractivity contribution in [1.29, 1.82) is 0 Å². The van der Waals surface area contributed by atoms with Gasteiger partial charge in [0.1, 0.15) is 11.3 Å². The Balaban J connectivity index is 2.51. The SMILES string of the molecule is CCC(COS(C)(=O)=O)Nc1cc(C)nc(Oc2c(C)cc(Cl)cc2C)c1C(=O)OC. The van der Waals surface area contributed by atoms with E-state index in [0.717, 1.165) is 17.4 Å². The number of ether oxygens (including phenoxy) is 2. The lowest BCUT2D eigenvalue weighted by Gasteiger charge is -2.21. The number of halogens is 1. The molecule has 10 heteroatoms. The van der Waals surface area contributed by atoms with E-state index in [1.165, 1.54) is 7.11 Å². The normalized spacial score (nSPS) is 12.4. The second-order valence-electron chi connectivity index (χ2n) is 7.19. The van der Waals surface area contributed by atoms with E-state index in [4.69, 9.17) is 25.3 Å². The lowest BCUT2D eigenvalue weighted by Crippen LogP contribution is -2.27. The van der Waals surface area contributed by atoms with Crippen LogP contribution >= 0.6 is 11.6 Å². The van der Waals surface area contributed by atoms with Crippen LogP contribution in [0.15, 0.2) is 18.2 Å². The Labute approximate surface area is 188 Å². The Morgan fingerprint density at radius 1 is 1.19 bits per heavy atom. The summed E-state index contributed by atoms with van der Waals surface area (Å²) in [7, 11) is -2.34. The fraction of sp³-hybridized carbons (Fsp3) is 0.429. The molecule has 0 aliphatic rings. The van der Waals surface area contributed by atoms with Gasteiger partial charge in [-0.2, -0.15) is 8.42 Å². The Kier molecular flexibility index (Phi) is 8.27. The molecule has 0 saturated heterocycles. The van der Waals surface area contributed by atoms with Crippen molar-refractivity contribution in [2.45, 2.75) is 40.2 Å². The number of carbonyl (C=O) groups excluding carboxylic acids is 1. The van der Waals surface area contributed by atoms with Gasteiger partial charge in [-0.25, -0.2) is 9.78 Å². The van der Waals surface area contributed by atoms with Gasteiger partial charge in [0.2, 0.25) is 5.88 Å². The van der Waals surface area contributed by atoms with Crippen LogP contribution in [0.2, 0.25) is 5.02 Å². The second-order valence-corrected chi connectivity index (χ2v) is 9.27. The monoisotopic (exact) mass is 470 g/mol. The Bertz CT molecular complexity index is 1050. The summed E-state index contributed by atoms with van der Waals surface area (Å²) in [5.41, 5.74) is 2.66. The number of esters is 1. The first-order valence-corrected chi connectivity index (χ1v) is 11.8. The third-order valence-electron chi connectivity index (χ3n) is 4.46. The van der Waals surface area contributed by atoms with E-state index in [2.05, 4.69) is 10.3 Å². The maximum Gasteiger partial charge on any atom is 0.345 e. The maximum atomic E-state index is 12.6.